The van der Waals surface area contributed by atoms with Crippen molar-refractivity contribution >= 4 is 0 Å². The van der Waals surface area contributed by atoms with Crippen LogP contribution in [0.25, 0.3) is 0 Å². The van der Waals surface area contributed by atoms with Crippen molar-refractivity contribution in [3.05, 3.63) is 23.3 Å². The van der Waals surface area contributed by atoms with Crippen LogP contribution < -0.4 is 4.74 Å². The molecule has 0 fully saturated rings. The zero-order valence-electron chi connectivity index (χ0n) is 9.29. The van der Waals surface area contributed by atoms with Crippen LogP contribution in [0, 0.1) is 6.92 Å². The lowest BCUT2D eigenvalue weighted by atomic mass is 9.95. The van der Waals surface area contributed by atoms with Crippen molar-refractivity contribution in [2.45, 2.75) is 33.1 Å². The molecule has 14 heavy (non-hydrogen) atoms. The highest BCUT2D eigenvalue weighted by molar-refractivity contribution is 5.47. The van der Waals surface area contributed by atoms with Crippen LogP contribution in [0.3, 0.4) is 0 Å². The topological polar surface area (TPSA) is 29.5 Å². The van der Waals surface area contributed by atoms with E-state index in [1.165, 1.54) is 0 Å². The second-order valence-corrected chi connectivity index (χ2v) is 3.69. The molecule has 0 aliphatic carbocycles. The van der Waals surface area contributed by atoms with E-state index >= 15 is 0 Å². The van der Waals surface area contributed by atoms with Crippen molar-refractivity contribution in [1.29, 1.82) is 0 Å². The molecule has 0 amide bonds. The summed E-state index contributed by atoms with van der Waals surface area (Å²) in [5.41, 5.74) is 1.85. The summed E-state index contributed by atoms with van der Waals surface area (Å²) in [5.74, 6) is 1.58. The van der Waals surface area contributed by atoms with Gasteiger partial charge in [-0.3, -0.25) is 0 Å². The third-order valence-electron chi connectivity index (χ3n) is 2.68. The predicted molar refractivity (Wildman–Crippen MR) is 58.1 cm³/mol. The summed E-state index contributed by atoms with van der Waals surface area (Å²) < 4.78 is 5.17. The summed E-state index contributed by atoms with van der Waals surface area (Å²) in [6.07, 6.45) is 1.01. The molecule has 1 N–H and O–H groups in total. The minimum atomic E-state index is 0.365. The van der Waals surface area contributed by atoms with Gasteiger partial charge in [-0.2, -0.15) is 0 Å². The van der Waals surface area contributed by atoms with Gasteiger partial charge in [0.25, 0.3) is 0 Å². The largest absolute Gasteiger partial charge is 0.507 e. The number of rotatable bonds is 3. The molecule has 1 atom stereocenters. The lowest BCUT2D eigenvalue weighted by Gasteiger charge is -2.14. The van der Waals surface area contributed by atoms with E-state index in [0.717, 1.165) is 23.3 Å². The average Bonchev–Trinajstić information content (AvgIpc) is 2.20. The molecule has 1 aromatic rings. The Kier molecular flexibility index (Phi) is 3.39. The van der Waals surface area contributed by atoms with Gasteiger partial charge in [0.05, 0.1) is 7.11 Å². The van der Waals surface area contributed by atoms with Crippen LogP contribution in [0.2, 0.25) is 0 Å². The lowest BCUT2D eigenvalue weighted by Crippen LogP contribution is -1.95. The fraction of sp³-hybridized carbons (Fsp3) is 0.500. The number of ether oxygens (including phenoxy) is 1. The van der Waals surface area contributed by atoms with Gasteiger partial charge in [-0.15, -0.1) is 0 Å². The van der Waals surface area contributed by atoms with Gasteiger partial charge in [0.1, 0.15) is 11.5 Å². The summed E-state index contributed by atoms with van der Waals surface area (Å²) in [4.78, 5) is 0. The van der Waals surface area contributed by atoms with Gasteiger partial charge in [-0.1, -0.05) is 13.8 Å². The van der Waals surface area contributed by atoms with E-state index < -0.39 is 0 Å². The molecule has 0 radical (unpaired) electrons. The maximum atomic E-state index is 9.86. The monoisotopic (exact) mass is 194 g/mol. The summed E-state index contributed by atoms with van der Waals surface area (Å²) in [7, 11) is 1.65. The first-order chi connectivity index (χ1) is 6.60. The minimum Gasteiger partial charge on any atom is -0.507 e. The Balaban J connectivity index is 3.20. The minimum absolute atomic E-state index is 0.365. The van der Waals surface area contributed by atoms with E-state index in [0.29, 0.717) is 11.7 Å². The number of aromatic hydroxyl groups is 1. The molecule has 1 aromatic carbocycles. The smallest absolute Gasteiger partial charge is 0.122 e. The number of benzene rings is 1. The SMILES string of the molecule is CCC(C)c1cc(OC)cc(C)c1O. The van der Waals surface area contributed by atoms with Crippen molar-refractivity contribution in [3.8, 4) is 11.5 Å². The van der Waals surface area contributed by atoms with Gasteiger partial charge in [0.2, 0.25) is 0 Å². The molecule has 1 unspecified atom stereocenters. The number of aryl methyl sites for hydroxylation is 1. The lowest BCUT2D eigenvalue weighted by molar-refractivity contribution is 0.408. The molecule has 0 saturated heterocycles. The van der Waals surface area contributed by atoms with Gasteiger partial charge >= 0.3 is 0 Å². The van der Waals surface area contributed by atoms with Crippen LogP contribution in [0.4, 0.5) is 0 Å². The number of methoxy groups -OCH3 is 1. The predicted octanol–water partition coefficient (Wildman–Crippen LogP) is 3.22. The molecule has 2 nitrogen and oxygen atoms in total. The molecular formula is C12H18O2. The Morgan fingerprint density at radius 1 is 1.43 bits per heavy atom. The number of phenols is 1. The second kappa shape index (κ2) is 4.36. The molecule has 0 bridgehead atoms. The molecule has 2 heteroatoms. The van der Waals surface area contributed by atoms with E-state index in [2.05, 4.69) is 13.8 Å². The summed E-state index contributed by atoms with van der Waals surface area (Å²) in [6.45, 7) is 6.11. The highest BCUT2D eigenvalue weighted by Gasteiger charge is 2.12. The van der Waals surface area contributed by atoms with Crippen molar-refractivity contribution < 1.29 is 9.84 Å². The molecule has 0 saturated carbocycles. The molecule has 78 valence electrons. The summed E-state index contributed by atoms with van der Waals surface area (Å²) in [5, 5.41) is 9.86. The second-order valence-electron chi connectivity index (χ2n) is 3.69. The Labute approximate surface area is 85.5 Å². The zero-order valence-corrected chi connectivity index (χ0v) is 9.29. The standard InChI is InChI=1S/C12H18O2/c1-5-8(2)11-7-10(14-4)6-9(3)12(11)13/h6-8,13H,5H2,1-4H3. The van der Waals surface area contributed by atoms with Crippen molar-refractivity contribution in [2.75, 3.05) is 7.11 Å². The van der Waals surface area contributed by atoms with Crippen molar-refractivity contribution in [3.63, 3.8) is 0 Å². The maximum Gasteiger partial charge on any atom is 0.122 e. The normalized spacial score (nSPS) is 12.6. The third kappa shape index (κ3) is 2.00. The Morgan fingerprint density at radius 3 is 2.57 bits per heavy atom. The first-order valence-corrected chi connectivity index (χ1v) is 4.97. The van der Waals surface area contributed by atoms with E-state index in [-0.39, 0.29) is 0 Å². The number of phenolic OH excluding ortho intramolecular Hbond substituents is 1. The van der Waals surface area contributed by atoms with Crippen molar-refractivity contribution in [2.24, 2.45) is 0 Å². The molecule has 0 heterocycles. The first-order valence-electron chi connectivity index (χ1n) is 4.97. The van der Waals surface area contributed by atoms with Gasteiger partial charge in [0, 0.05) is 5.56 Å². The summed E-state index contributed by atoms with van der Waals surface area (Å²) in [6, 6.07) is 3.76. The molecular weight excluding hydrogens is 176 g/mol. The Hall–Kier alpha value is -1.18. The van der Waals surface area contributed by atoms with E-state index in [1.54, 1.807) is 7.11 Å². The van der Waals surface area contributed by atoms with Crippen molar-refractivity contribution in [1.82, 2.24) is 0 Å². The Bertz CT molecular complexity index is 318. The first kappa shape index (κ1) is 10.9. The average molecular weight is 194 g/mol. The number of hydrogen-bond donors (Lipinski definition) is 1. The third-order valence-corrected chi connectivity index (χ3v) is 2.68. The van der Waals surface area contributed by atoms with Gasteiger partial charge in [-0.05, 0) is 37.0 Å². The molecule has 0 spiro atoms. The quantitative estimate of drug-likeness (QED) is 0.800. The Morgan fingerprint density at radius 2 is 2.07 bits per heavy atom. The van der Waals surface area contributed by atoms with Crippen LogP contribution in [-0.4, -0.2) is 12.2 Å². The molecule has 1 rings (SSSR count). The van der Waals surface area contributed by atoms with Crippen LogP contribution in [0.15, 0.2) is 12.1 Å². The van der Waals surface area contributed by atoms with E-state index in [1.807, 2.05) is 19.1 Å². The summed E-state index contributed by atoms with van der Waals surface area (Å²) >= 11 is 0. The van der Waals surface area contributed by atoms with E-state index in [9.17, 15) is 5.11 Å². The fourth-order valence-electron chi connectivity index (χ4n) is 1.49. The van der Waals surface area contributed by atoms with Crippen LogP contribution in [0.1, 0.15) is 37.3 Å². The maximum absolute atomic E-state index is 9.86. The molecule has 0 aliphatic heterocycles. The van der Waals surface area contributed by atoms with Gasteiger partial charge < -0.3 is 9.84 Å². The van der Waals surface area contributed by atoms with Gasteiger partial charge in [0.15, 0.2) is 0 Å². The van der Waals surface area contributed by atoms with Gasteiger partial charge in [-0.25, -0.2) is 0 Å². The fourth-order valence-corrected chi connectivity index (χ4v) is 1.49. The van der Waals surface area contributed by atoms with Crippen LogP contribution in [-0.2, 0) is 0 Å². The number of hydrogen-bond acceptors (Lipinski definition) is 2. The zero-order chi connectivity index (χ0) is 10.7. The van der Waals surface area contributed by atoms with Crippen LogP contribution >= 0.6 is 0 Å². The molecule has 0 aliphatic rings. The van der Waals surface area contributed by atoms with Crippen LogP contribution in [0.5, 0.6) is 11.5 Å². The molecule has 0 aromatic heterocycles. The highest BCUT2D eigenvalue weighted by atomic mass is 16.5. The van der Waals surface area contributed by atoms with E-state index in [4.69, 9.17) is 4.74 Å². The highest BCUT2D eigenvalue weighted by Crippen LogP contribution is 2.34.